The van der Waals surface area contributed by atoms with Crippen molar-refractivity contribution in [3.63, 3.8) is 0 Å². The minimum Gasteiger partial charge on any atom is -0.399 e. The second-order valence-electron chi connectivity index (χ2n) is 5.17. The Kier molecular flexibility index (Phi) is 2.93. The van der Waals surface area contributed by atoms with Crippen molar-refractivity contribution in [3.05, 3.63) is 59.9 Å². The molecule has 0 atom stereocenters. The number of amides is 1. The first-order chi connectivity index (χ1) is 9.60. The lowest BCUT2D eigenvalue weighted by Crippen LogP contribution is -2.27. The Morgan fingerprint density at radius 1 is 1.05 bits per heavy atom. The second kappa shape index (κ2) is 4.63. The van der Waals surface area contributed by atoms with Crippen molar-refractivity contribution < 1.29 is 9.18 Å². The minimum absolute atomic E-state index is 0.0473. The molecule has 1 fully saturated rings. The predicted octanol–water partition coefficient (Wildman–Crippen LogP) is 3.08. The number of hydrogen-bond donors (Lipinski definition) is 2. The highest BCUT2D eigenvalue weighted by Crippen LogP contribution is 2.49. The third-order valence-electron chi connectivity index (χ3n) is 3.75. The number of anilines is 2. The molecule has 0 unspecified atom stereocenters. The first kappa shape index (κ1) is 12.7. The molecule has 3 rings (SSSR count). The first-order valence-corrected chi connectivity index (χ1v) is 6.53. The molecular formula is C16H15FN2O. The van der Waals surface area contributed by atoms with Crippen molar-refractivity contribution in [2.75, 3.05) is 11.1 Å². The highest BCUT2D eigenvalue weighted by Gasteiger charge is 2.51. The summed E-state index contributed by atoms with van der Waals surface area (Å²) >= 11 is 0. The summed E-state index contributed by atoms with van der Waals surface area (Å²) in [6.07, 6.45) is 1.65. The van der Waals surface area contributed by atoms with Crippen molar-refractivity contribution in [1.82, 2.24) is 0 Å². The van der Waals surface area contributed by atoms with Gasteiger partial charge < -0.3 is 11.1 Å². The van der Waals surface area contributed by atoms with Gasteiger partial charge in [0.25, 0.3) is 0 Å². The van der Waals surface area contributed by atoms with Crippen LogP contribution < -0.4 is 11.1 Å². The average molecular weight is 270 g/mol. The molecule has 0 heterocycles. The molecular weight excluding hydrogens is 255 g/mol. The van der Waals surface area contributed by atoms with Gasteiger partial charge in [-0.3, -0.25) is 4.79 Å². The summed E-state index contributed by atoms with van der Waals surface area (Å²) in [5.41, 5.74) is 7.48. The van der Waals surface area contributed by atoms with Crippen LogP contribution in [0.2, 0.25) is 0 Å². The summed E-state index contributed by atoms with van der Waals surface area (Å²) in [7, 11) is 0. The summed E-state index contributed by atoms with van der Waals surface area (Å²) in [5, 5.41) is 2.85. The zero-order valence-corrected chi connectivity index (χ0v) is 10.9. The molecule has 3 N–H and O–H groups in total. The van der Waals surface area contributed by atoms with Crippen LogP contribution in [-0.4, -0.2) is 5.91 Å². The van der Waals surface area contributed by atoms with E-state index in [0.29, 0.717) is 11.4 Å². The third-order valence-corrected chi connectivity index (χ3v) is 3.75. The van der Waals surface area contributed by atoms with Crippen LogP contribution in [0.15, 0.2) is 48.5 Å². The van der Waals surface area contributed by atoms with Crippen LogP contribution in [0.3, 0.4) is 0 Å². The standard InChI is InChI=1S/C16H15FN2O/c17-12-3-7-14(8-4-12)19-15(20)16(9-10-16)11-1-5-13(18)6-2-11/h1-8H,9-10,18H2,(H,19,20). The van der Waals surface area contributed by atoms with Crippen LogP contribution >= 0.6 is 0 Å². The summed E-state index contributed by atoms with van der Waals surface area (Å²) in [6, 6.07) is 13.2. The Morgan fingerprint density at radius 2 is 1.65 bits per heavy atom. The normalized spacial score (nSPS) is 15.7. The Hall–Kier alpha value is -2.36. The van der Waals surface area contributed by atoms with Crippen molar-refractivity contribution >= 4 is 17.3 Å². The zero-order valence-electron chi connectivity index (χ0n) is 10.9. The van der Waals surface area contributed by atoms with E-state index in [1.54, 1.807) is 24.3 Å². The number of benzene rings is 2. The second-order valence-corrected chi connectivity index (χ2v) is 5.17. The molecule has 2 aromatic carbocycles. The fraction of sp³-hybridized carbons (Fsp3) is 0.188. The fourth-order valence-electron chi connectivity index (χ4n) is 2.36. The molecule has 4 heteroatoms. The predicted molar refractivity (Wildman–Crippen MR) is 76.8 cm³/mol. The van der Waals surface area contributed by atoms with Crippen LogP contribution in [0.1, 0.15) is 18.4 Å². The highest BCUT2D eigenvalue weighted by molar-refractivity contribution is 6.01. The van der Waals surface area contributed by atoms with Crippen molar-refractivity contribution in [2.45, 2.75) is 18.3 Å². The van der Waals surface area contributed by atoms with Crippen LogP contribution in [-0.2, 0) is 10.2 Å². The number of carbonyl (C=O) groups excluding carboxylic acids is 1. The van der Waals surface area contributed by atoms with E-state index in [1.165, 1.54) is 12.1 Å². The summed E-state index contributed by atoms with van der Waals surface area (Å²) < 4.78 is 12.8. The third kappa shape index (κ3) is 2.25. The van der Waals surface area contributed by atoms with E-state index in [4.69, 9.17) is 5.73 Å². The number of halogens is 1. The number of nitrogen functional groups attached to an aromatic ring is 1. The van der Waals surface area contributed by atoms with E-state index in [-0.39, 0.29) is 11.7 Å². The molecule has 0 aliphatic heterocycles. The Morgan fingerprint density at radius 3 is 2.20 bits per heavy atom. The Bertz CT molecular complexity index is 631. The molecule has 2 aromatic rings. The smallest absolute Gasteiger partial charge is 0.235 e. The molecule has 0 saturated heterocycles. The lowest BCUT2D eigenvalue weighted by molar-refractivity contribution is -0.118. The molecule has 0 radical (unpaired) electrons. The maximum Gasteiger partial charge on any atom is 0.235 e. The fourth-order valence-corrected chi connectivity index (χ4v) is 2.36. The van der Waals surface area contributed by atoms with Gasteiger partial charge in [-0.2, -0.15) is 0 Å². The van der Waals surface area contributed by atoms with Crippen molar-refractivity contribution in [3.8, 4) is 0 Å². The number of nitrogens with two attached hydrogens (primary N) is 1. The minimum atomic E-state index is -0.456. The van der Waals surface area contributed by atoms with Gasteiger partial charge in [-0.25, -0.2) is 4.39 Å². The van der Waals surface area contributed by atoms with E-state index in [0.717, 1.165) is 18.4 Å². The summed E-state index contributed by atoms with van der Waals surface area (Å²) in [6.45, 7) is 0. The number of nitrogens with one attached hydrogen (secondary N) is 1. The topological polar surface area (TPSA) is 55.1 Å². The van der Waals surface area contributed by atoms with Crippen LogP contribution in [0.25, 0.3) is 0 Å². The quantitative estimate of drug-likeness (QED) is 0.842. The van der Waals surface area contributed by atoms with Gasteiger partial charge in [-0.1, -0.05) is 12.1 Å². The molecule has 102 valence electrons. The van der Waals surface area contributed by atoms with Crippen LogP contribution in [0.5, 0.6) is 0 Å². The summed E-state index contributed by atoms with van der Waals surface area (Å²) in [4.78, 5) is 12.4. The molecule has 20 heavy (non-hydrogen) atoms. The molecule has 0 bridgehead atoms. The van der Waals surface area contributed by atoms with Crippen molar-refractivity contribution in [1.29, 1.82) is 0 Å². The molecule has 1 aliphatic carbocycles. The highest BCUT2D eigenvalue weighted by atomic mass is 19.1. The van der Waals surface area contributed by atoms with E-state index < -0.39 is 5.41 Å². The summed E-state index contributed by atoms with van der Waals surface area (Å²) in [5.74, 6) is -0.364. The number of rotatable bonds is 3. The first-order valence-electron chi connectivity index (χ1n) is 6.53. The van der Waals surface area contributed by atoms with Crippen LogP contribution in [0, 0.1) is 5.82 Å². The average Bonchev–Trinajstić information content (AvgIpc) is 3.24. The van der Waals surface area contributed by atoms with Gasteiger partial charge in [0.1, 0.15) is 5.82 Å². The number of hydrogen-bond acceptors (Lipinski definition) is 2. The largest absolute Gasteiger partial charge is 0.399 e. The van der Waals surface area contributed by atoms with Gasteiger partial charge in [0, 0.05) is 11.4 Å². The Labute approximate surface area is 116 Å². The SMILES string of the molecule is Nc1ccc(C2(C(=O)Nc3ccc(F)cc3)CC2)cc1. The Balaban J connectivity index is 1.79. The van der Waals surface area contributed by atoms with Gasteiger partial charge in [-0.15, -0.1) is 0 Å². The van der Waals surface area contributed by atoms with Gasteiger partial charge in [0.05, 0.1) is 5.41 Å². The van der Waals surface area contributed by atoms with Gasteiger partial charge in [-0.05, 0) is 54.8 Å². The zero-order chi connectivity index (χ0) is 14.2. The van der Waals surface area contributed by atoms with Crippen LogP contribution in [0.4, 0.5) is 15.8 Å². The van der Waals surface area contributed by atoms with E-state index in [1.807, 2.05) is 12.1 Å². The lowest BCUT2D eigenvalue weighted by Gasteiger charge is -2.16. The molecule has 3 nitrogen and oxygen atoms in total. The van der Waals surface area contributed by atoms with Gasteiger partial charge >= 0.3 is 0 Å². The van der Waals surface area contributed by atoms with E-state index in [9.17, 15) is 9.18 Å². The van der Waals surface area contributed by atoms with E-state index >= 15 is 0 Å². The molecule has 1 saturated carbocycles. The monoisotopic (exact) mass is 270 g/mol. The number of carbonyl (C=O) groups is 1. The molecule has 1 amide bonds. The van der Waals surface area contributed by atoms with E-state index in [2.05, 4.69) is 5.32 Å². The lowest BCUT2D eigenvalue weighted by atomic mass is 9.94. The van der Waals surface area contributed by atoms with Gasteiger partial charge in [0.2, 0.25) is 5.91 Å². The van der Waals surface area contributed by atoms with Gasteiger partial charge in [0.15, 0.2) is 0 Å². The van der Waals surface area contributed by atoms with Crippen molar-refractivity contribution in [2.24, 2.45) is 0 Å². The maximum atomic E-state index is 12.8. The molecule has 1 aliphatic rings. The molecule has 0 spiro atoms. The maximum absolute atomic E-state index is 12.8. The molecule has 0 aromatic heterocycles.